The van der Waals surface area contributed by atoms with Gasteiger partial charge in [-0.15, -0.1) is 11.6 Å². The van der Waals surface area contributed by atoms with Gasteiger partial charge >= 0.3 is 0 Å². The van der Waals surface area contributed by atoms with Crippen molar-refractivity contribution in [1.82, 2.24) is 0 Å². The predicted octanol–water partition coefficient (Wildman–Crippen LogP) is 2.63. The van der Waals surface area contributed by atoms with E-state index in [1.807, 2.05) is 24.3 Å². The summed E-state index contributed by atoms with van der Waals surface area (Å²) in [5, 5.41) is 2.95. The van der Waals surface area contributed by atoms with Crippen LogP contribution in [0.1, 0.15) is 5.56 Å². The van der Waals surface area contributed by atoms with Crippen LogP contribution >= 0.6 is 21.0 Å². The Bertz CT molecular complexity index is 174. The van der Waals surface area contributed by atoms with Crippen LogP contribution in [0.3, 0.4) is 0 Å². The molecule has 1 aromatic carbocycles. The van der Waals surface area contributed by atoms with Crippen LogP contribution in [0, 0.1) is 0 Å². The molecular weight excluding hydrogens is 165 g/mol. The maximum absolute atomic E-state index is 5.60. The van der Waals surface area contributed by atoms with Crippen molar-refractivity contribution in [1.29, 1.82) is 0 Å². The molecule has 1 N–H and O–H groups in total. The summed E-state index contributed by atoms with van der Waals surface area (Å²) in [6.07, 6.45) is 0. The Morgan fingerprint density at radius 1 is 1.30 bits per heavy atom. The third-order valence-corrected chi connectivity index (χ3v) is 1.92. The largest absolute Gasteiger partial charge is 0.369 e. The maximum Gasteiger partial charge on any atom is 0.0474 e. The fourth-order valence-electron chi connectivity index (χ4n) is 0.690. The van der Waals surface area contributed by atoms with Crippen molar-refractivity contribution < 1.29 is 0 Å². The summed E-state index contributed by atoms with van der Waals surface area (Å²) < 4.78 is 0. The van der Waals surface area contributed by atoms with Crippen molar-refractivity contribution in [2.75, 3.05) is 5.09 Å². The van der Waals surface area contributed by atoms with Gasteiger partial charge in [0.1, 0.15) is 0 Å². The fraction of sp³-hybridized carbons (Fsp3) is 0.143. The molecule has 0 bridgehead atoms. The Morgan fingerprint density at radius 3 is 2.30 bits per heavy atom. The normalized spacial score (nSPS) is 9.40. The Morgan fingerprint density at radius 2 is 1.90 bits per heavy atom. The van der Waals surface area contributed by atoms with Crippen LogP contribution in [0.15, 0.2) is 24.3 Å². The quantitative estimate of drug-likeness (QED) is 0.536. The van der Waals surface area contributed by atoms with E-state index in [1.165, 1.54) is 0 Å². The second-order valence-corrected chi connectivity index (χ2v) is 2.53. The van der Waals surface area contributed by atoms with Crippen LogP contribution in [0.2, 0.25) is 0 Å². The van der Waals surface area contributed by atoms with Gasteiger partial charge in [0.05, 0.1) is 0 Å². The second kappa shape index (κ2) is 3.80. The number of benzene rings is 1. The van der Waals surface area contributed by atoms with E-state index in [1.54, 1.807) is 0 Å². The zero-order chi connectivity index (χ0) is 7.40. The van der Waals surface area contributed by atoms with Gasteiger partial charge < -0.3 is 5.09 Å². The van der Waals surface area contributed by atoms with Gasteiger partial charge in [0.2, 0.25) is 0 Å². The molecule has 0 aliphatic rings. The van der Waals surface area contributed by atoms with Gasteiger partial charge in [0.15, 0.2) is 0 Å². The van der Waals surface area contributed by atoms with Crippen LogP contribution in [0.25, 0.3) is 0 Å². The van der Waals surface area contributed by atoms with Crippen LogP contribution < -0.4 is 5.09 Å². The molecule has 0 spiro atoms. The van der Waals surface area contributed by atoms with Gasteiger partial charge in [-0.05, 0) is 27.1 Å². The van der Waals surface area contributed by atoms with E-state index in [4.69, 9.17) is 11.6 Å². The molecule has 0 saturated carbocycles. The standard InChI is InChI=1S/C7H9ClNP/c8-5-6-1-3-7(9-10)4-2-6/h1-4,9H,5,10H2. The first kappa shape index (κ1) is 7.84. The number of alkyl halides is 1. The van der Waals surface area contributed by atoms with E-state index in [0.717, 1.165) is 11.3 Å². The lowest BCUT2D eigenvalue weighted by Crippen LogP contribution is -1.80. The average molecular weight is 174 g/mol. The van der Waals surface area contributed by atoms with Crippen molar-refractivity contribution in [3.8, 4) is 0 Å². The minimum atomic E-state index is 0.580. The number of hydrogen-bond acceptors (Lipinski definition) is 1. The molecule has 0 aromatic heterocycles. The summed E-state index contributed by atoms with van der Waals surface area (Å²) in [6, 6.07) is 7.98. The van der Waals surface area contributed by atoms with E-state index < -0.39 is 0 Å². The Balaban J connectivity index is 2.80. The van der Waals surface area contributed by atoms with Crippen molar-refractivity contribution >= 4 is 26.7 Å². The summed E-state index contributed by atoms with van der Waals surface area (Å²) in [5.41, 5.74) is 2.23. The molecule has 1 aromatic rings. The first-order valence-corrected chi connectivity index (χ1v) is 4.09. The molecule has 0 saturated heterocycles. The van der Waals surface area contributed by atoms with Crippen molar-refractivity contribution in [3.63, 3.8) is 0 Å². The third kappa shape index (κ3) is 1.86. The van der Waals surface area contributed by atoms with Gasteiger partial charge in [-0.3, -0.25) is 0 Å². The maximum atomic E-state index is 5.60. The molecule has 3 heteroatoms. The molecule has 54 valence electrons. The summed E-state index contributed by atoms with van der Waals surface area (Å²) >= 11 is 5.60. The molecule has 0 aliphatic heterocycles. The SMILES string of the molecule is PNc1ccc(CCl)cc1. The lowest BCUT2D eigenvalue weighted by Gasteiger charge is -1.98. The number of hydrogen-bond donors (Lipinski definition) is 1. The number of halogens is 1. The third-order valence-electron chi connectivity index (χ3n) is 1.27. The lowest BCUT2D eigenvalue weighted by atomic mass is 10.2. The zero-order valence-electron chi connectivity index (χ0n) is 5.47. The molecule has 0 fully saturated rings. The van der Waals surface area contributed by atoms with E-state index >= 15 is 0 Å². The van der Waals surface area contributed by atoms with E-state index in [0.29, 0.717) is 5.88 Å². The summed E-state index contributed by atoms with van der Waals surface area (Å²) in [5.74, 6) is 0.580. The number of anilines is 1. The Labute approximate surface area is 68.0 Å². The molecule has 10 heavy (non-hydrogen) atoms. The Kier molecular flexibility index (Phi) is 2.98. The summed E-state index contributed by atoms with van der Waals surface area (Å²) in [6.45, 7) is 0. The topological polar surface area (TPSA) is 12.0 Å². The molecule has 1 nitrogen and oxygen atoms in total. The first-order chi connectivity index (χ1) is 4.86. The monoisotopic (exact) mass is 173 g/mol. The highest BCUT2D eigenvalue weighted by atomic mass is 35.5. The summed E-state index contributed by atoms with van der Waals surface area (Å²) in [4.78, 5) is 0. The molecule has 0 radical (unpaired) electrons. The van der Waals surface area contributed by atoms with Gasteiger partial charge in [0, 0.05) is 11.6 Å². The molecule has 1 unspecified atom stereocenters. The molecule has 0 amide bonds. The predicted molar refractivity (Wildman–Crippen MR) is 49.3 cm³/mol. The molecule has 1 rings (SSSR count). The first-order valence-electron chi connectivity index (χ1n) is 2.98. The second-order valence-electron chi connectivity index (χ2n) is 1.97. The average Bonchev–Trinajstić information content (AvgIpc) is 2.05. The van der Waals surface area contributed by atoms with E-state index in [2.05, 4.69) is 14.5 Å². The van der Waals surface area contributed by atoms with Crippen molar-refractivity contribution in [3.05, 3.63) is 29.8 Å². The molecule has 0 aliphatic carbocycles. The molecule has 1 atom stereocenters. The van der Waals surface area contributed by atoms with Gasteiger partial charge in [-0.2, -0.15) is 0 Å². The smallest absolute Gasteiger partial charge is 0.0474 e. The minimum absolute atomic E-state index is 0.580. The van der Waals surface area contributed by atoms with Crippen molar-refractivity contribution in [2.45, 2.75) is 5.88 Å². The highest BCUT2D eigenvalue weighted by Crippen LogP contribution is 2.11. The van der Waals surface area contributed by atoms with Crippen LogP contribution in [-0.2, 0) is 5.88 Å². The fourth-order valence-corrected chi connectivity index (χ4v) is 1.06. The Hall–Kier alpha value is -0.260. The van der Waals surface area contributed by atoms with E-state index in [9.17, 15) is 0 Å². The van der Waals surface area contributed by atoms with E-state index in [-0.39, 0.29) is 0 Å². The summed E-state index contributed by atoms with van der Waals surface area (Å²) in [7, 11) is 2.44. The van der Waals surface area contributed by atoms with Crippen LogP contribution in [0.4, 0.5) is 5.69 Å². The van der Waals surface area contributed by atoms with Gasteiger partial charge in [-0.1, -0.05) is 12.1 Å². The van der Waals surface area contributed by atoms with Gasteiger partial charge in [0.25, 0.3) is 0 Å². The van der Waals surface area contributed by atoms with Crippen LogP contribution in [-0.4, -0.2) is 0 Å². The van der Waals surface area contributed by atoms with Gasteiger partial charge in [-0.25, -0.2) is 0 Å². The van der Waals surface area contributed by atoms with Crippen LogP contribution in [0.5, 0.6) is 0 Å². The molecule has 0 heterocycles. The highest BCUT2D eigenvalue weighted by Gasteiger charge is 1.88. The zero-order valence-corrected chi connectivity index (χ0v) is 7.38. The van der Waals surface area contributed by atoms with Crippen molar-refractivity contribution in [2.24, 2.45) is 0 Å². The lowest BCUT2D eigenvalue weighted by molar-refractivity contribution is 1.41. The minimum Gasteiger partial charge on any atom is -0.369 e. The number of nitrogens with one attached hydrogen (secondary N) is 1. The molecular formula is C7H9ClNP. The highest BCUT2D eigenvalue weighted by molar-refractivity contribution is 7.18. The number of rotatable bonds is 2.